The van der Waals surface area contributed by atoms with Gasteiger partial charge in [-0.15, -0.1) is 0 Å². The molecule has 1 aliphatic rings. The first-order chi connectivity index (χ1) is 22.6. The van der Waals surface area contributed by atoms with Gasteiger partial charge < -0.3 is 4.42 Å². The minimum atomic E-state index is -0.244. The summed E-state index contributed by atoms with van der Waals surface area (Å²) in [4.78, 5) is 10.9. The SMILES string of the molecule is CC1(C)c2ccccc2-c2nc(-c3cc(-c4ccccc4)cc(-c4ccccc4)n3)c3oc4ccccc4c3c2-c2ccccc21. The topological polar surface area (TPSA) is 38.9 Å². The molecule has 9 rings (SSSR count). The summed E-state index contributed by atoms with van der Waals surface area (Å²) in [5, 5.41) is 2.15. The summed E-state index contributed by atoms with van der Waals surface area (Å²) < 4.78 is 6.79. The van der Waals surface area contributed by atoms with Crippen molar-refractivity contribution in [2.24, 2.45) is 0 Å². The van der Waals surface area contributed by atoms with Crippen LogP contribution >= 0.6 is 0 Å². The Balaban J connectivity index is 1.45. The quantitative estimate of drug-likeness (QED) is 0.205. The van der Waals surface area contributed by atoms with E-state index >= 15 is 0 Å². The minimum absolute atomic E-state index is 0.244. The maximum absolute atomic E-state index is 6.79. The maximum atomic E-state index is 6.79. The number of para-hydroxylation sites is 1. The van der Waals surface area contributed by atoms with Crippen LogP contribution in [0.1, 0.15) is 25.0 Å². The molecule has 46 heavy (non-hydrogen) atoms. The van der Waals surface area contributed by atoms with Gasteiger partial charge in [0, 0.05) is 32.9 Å². The van der Waals surface area contributed by atoms with Crippen molar-refractivity contribution in [2.75, 3.05) is 0 Å². The number of furan rings is 1. The minimum Gasteiger partial charge on any atom is -0.454 e. The number of nitrogens with zero attached hydrogens (tertiary/aromatic N) is 2. The van der Waals surface area contributed by atoms with E-state index in [0.717, 1.165) is 72.5 Å². The van der Waals surface area contributed by atoms with Crippen LogP contribution in [0, 0.1) is 0 Å². The summed E-state index contributed by atoms with van der Waals surface area (Å²) in [5.74, 6) is 0. The van der Waals surface area contributed by atoms with Crippen molar-refractivity contribution in [3.63, 3.8) is 0 Å². The first-order valence-electron chi connectivity index (χ1n) is 15.8. The molecular formula is C43H30N2O. The first kappa shape index (κ1) is 26.6. The second-order valence-corrected chi connectivity index (χ2v) is 12.6. The zero-order valence-electron chi connectivity index (χ0n) is 25.7. The fourth-order valence-electron chi connectivity index (χ4n) is 7.26. The van der Waals surface area contributed by atoms with E-state index in [1.165, 1.54) is 16.7 Å². The van der Waals surface area contributed by atoms with E-state index in [9.17, 15) is 0 Å². The Kier molecular flexibility index (Phi) is 5.85. The molecule has 5 aromatic carbocycles. The number of hydrogen-bond acceptors (Lipinski definition) is 3. The number of pyridine rings is 2. The standard InChI is InChI=1S/C43H30N2O/c1-43(2)33-22-12-9-19-30(33)38-39-32-21-11-14-24-37(32)46-42(39)41(45-40(38)31-20-10-13-23-34(31)43)36-26-29(27-15-5-3-6-16-27)25-35(44-36)28-17-7-4-8-18-28/h3-26H,1-2H3. The summed E-state index contributed by atoms with van der Waals surface area (Å²) in [6.45, 7) is 4.64. The molecule has 8 aromatic rings. The summed E-state index contributed by atoms with van der Waals surface area (Å²) in [6, 6.07) is 51.0. The predicted molar refractivity (Wildman–Crippen MR) is 189 cm³/mol. The Labute approximate surface area is 267 Å². The monoisotopic (exact) mass is 590 g/mol. The van der Waals surface area contributed by atoms with Gasteiger partial charge in [0.15, 0.2) is 5.58 Å². The molecule has 3 aromatic heterocycles. The van der Waals surface area contributed by atoms with Crippen LogP contribution in [0.2, 0.25) is 0 Å². The largest absolute Gasteiger partial charge is 0.454 e. The molecular weight excluding hydrogens is 560 g/mol. The Bertz CT molecular complexity index is 2380. The van der Waals surface area contributed by atoms with Crippen LogP contribution in [0.3, 0.4) is 0 Å². The van der Waals surface area contributed by atoms with Crippen molar-refractivity contribution in [3.05, 3.63) is 157 Å². The zero-order chi connectivity index (χ0) is 30.8. The van der Waals surface area contributed by atoms with Crippen molar-refractivity contribution >= 4 is 21.9 Å². The third-order valence-corrected chi connectivity index (χ3v) is 9.49. The van der Waals surface area contributed by atoms with E-state index in [1.807, 2.05) is 18.2 Å². The van der Waals surface area contributed by atoms with E-state index in [-0.39, 0.29) is 5.41 Å². The lowest BCUT2D eigenvalue weighted by atomic mass is 9.75. The second-order valence-electron chi connectivity index (χ2n) is 12.6. The van der Waals surface area contributed by atoms with Gasteiger partial charge in [-0.25, -0.2) is 9.97 Å². The Hall–Kier alpha value is -5.80. The fourth-order valence-corrected chi connectivity index (χ4v) is 7.26. The molecule has 0 spiro atoms. The van der Waals surface area contributed by atoms with Crippen LogP contribution in [0.15, 0.2) is 150 Å². The van der Waals surface area contributed by atoms with Gasteiger partial charge in [-0.1, -0.05) is 141 Å². The molecule has 0 N–H and O–H groups in total. The van der Waals surface area contributed by atoms with Crippen molar-refractivity contribution in [1.82, 2.24) is 9.97 Å². The highest BCUT2D eigenvalue weighted by Gasteiger charge is 2.36. The number of aromatic nitrogens is 2. The Morgan fingerprint density at radius 2 is 1.09 bits per heavy atom. The third-order valence-electron chi connectivity index (χ3n) is 9.49. The number of rotatable bonds is 3. The summed E-state index contributed by atoms with van der Waals surface area (Å²) in [5.41, 5.74) is 13.9. The maximum Gasteiger partial charge on any atom is 0.163 e. The average molecular weight is 591 g/mol. The van der Waals surface area contributed by atoms with Crippen LogP contribution in [0.25, 0.3) is 78.1 Å². The summed E-state index contributed by atoms with van der Waals surface area (Å²) in [7, 11) is 0. The van der Waals surface area contributed by atoms with Crippen molar-refractivity contribution in [2.45, 2.75) is 19.3 Å². The molecule has 3 heteroatoms. The highest BCUT2D eigenvalue weighted by Crippen LogP contribution is 2.52. The lowest BCUT2D eigenvalue weighted by Crippen LogP contribution is -2.19. The fraction of sp³-hybridized carbons (Fsp3) is 0.0698. The lowest BCUT2D eigenvalue weighted by molar-refractivity contribution is 0.646. The van der Waals surface area contributed by atoms with Gasteiger partial charge in [0.1, 0.15) is 11.3 Å². The van der Waals surface area contributed by atoms with Gasteiger partial charge in [0.2, 0.25) is 0 Å². The third kappa shape index (κ3) is 3.98. The highest BCUT2D eigenvalue weighted by atomic mass is 16.3. The van der Waals surface area contributed by atoms with Crippen LogP contribution in [-0.2, 0) is 5.41 Å². The highest BCUT2D eigenvalue weighted by molar-refractivity contribution is 6.19. The van der Waals surface area contributed by atoms with E-state index in [2.05, 4.69) is 141 Å². The van der Waals surface area contributed by atoms with Gasteiger partial charge in [-0.05, 0) is 46.0 Å². The molecule has 0 fully saturated rings. The molecule has 0 saturated carbocycles. The van der Waals surface area contributed by atoms with E-state index in [0.29, 0.717) is 0 Å². The number of benzene rings is 5. The molecule has 0 aliphatic heterocycles. The molecule has 0 unspecified atom stereocenters. The molecule has 218 valence electrons. The molecule has 3 nitrogen and oxygen atoms in total. The average Bonchev–Trinajstić information content (AvgIpc) is 3.48. The molecule has 0 atom stereocenters. The Morgan fingerprint density at radius 1 is 0.500 bits per heavy atom. The van der Waals surface area contributed by atoms with Gasteiger partial charge in [-0.3, -0.25) is 0 Å². The summed E-state index contributed by atoms with van der Waals surface area (Å²) in [6.07, 6.45) is 0. The second kappa shape index (κ2) is 10.1. The first-order valence-corrected chi connectivity index (χ1v) is 15.8. The van der Waals surface area contributed by atoms with Crippen molar-refractivity contribution in [1.29, 1.82) is 0 Å². The normalized spacial score (nSPS) is 13.2. The van der Waals surface area contributed by atoms with E-state index in [4.69, 9.17) is 14.4 Å². The van der Waals surface area contributed by atoms with Crippen LogP contribution in [0.5, 0.6) is 0 Å². The van der Waals surface area contributed by atoms with Crippen molar-refractivity contribution in [3.8, 4) is 56.2 Å². The van der Waals surface area contributed by atoms with Crippen molar-refractivity contribution < 1.29 is 4.42 Å². The molecule has 0 bridgehead atoms. The number of fused-ring (bicyclic) bond motifs is 9. The van der Waals surface area contributed by atoms with E-state index in [1.54, 1.807) is 0 Å². The van der Waals surface area contributed by atoms with Gasteiger partial charge in [0.05, 0.1) is 17.1 Å². The smallest absolute Gasteiger partial charge is 0.163 e. The molecule has 0 radical (unpaired) electrons. The molecule has 1 aliphatic carbocycles. The van der Waals surface area contributed by atoms with Gasteiger partial charge in [0.25, 0.3) is 0 Å². The van der Waals surface area contributed by atoms with Gasteiger partial charge in [-0.2, -0.15) is 0 Å². The van der Waals surface area contributed by atoms with E-state index < -0.39 is 0 Å². The van der Waals surface area contributed by atoms with Crippen LogP contribution in [-0.4, -0.2) is 9.97 Å². The lowest BCUT2D eigenvalue weighted by Gasteiger charge is -2.28. The van der Waals surface area contributed by atoms with Gasteiger partial charge >= 0.3 is 0 Å². The summed E-state index contributed by atoms with van der Waals surface area (Å²) >= 11 is 0. The Morgan fingerprint density at radius 3 is 1.85 bits per heavy atom. The zero-order valence-corrected chi connectivity index (χ0v) is 25.7. The molecule has 0 saturated heterocycles. The molecule has 0 amide bonds. The predicted octanol–water partition coefficient (Wildman–Crippen LogP) is 11.4. The molecule has 3 heterocycles. The van der Waals surface area contributed by atoms with Crippen LogP contribution in [0.4, 0.5) is 0 Å². The number of hydrogen-bond donors (Lipinski definition) is 0. The van der Waals surface area contributed by atoms with Crippen LogP contribution < -0.4 is 0 Å².